The Morgan fingerprint density at radius 2 is 1.50 bits per heavy atom. The van der Waals surface area contributed by atoms with Gasteiger partial charge < -0.3 is 4.90 Å². The molecular weight excluding hydrogens is 266 g/mol. The molecule has 0 aliphatic heterocycles. The SMILES string of the molecule is CCCCN(CCCC)c1ccc2c(c1)Cc1ccccc1-2. The van der Waals surface area contributed by atoms with Crippen LogP contribution in [0.4, 0.5) is 5.69 Å². The van der Waals surface area contributed by atoms with Crippen molar-refractivity contribution in [1.29, 1.82) is 0 Å². The van der Waals surface area contributed by atoms with E-state index in [9.17, 15) is 0 Å². The summed E-state index contributed by atoms with van der Waals surface area (Å²) in [7, 11) is 0. The molecule has 0 radical (unpaired) electrons. The van der Waals surface area contributed by atoms with Crippen molar-refractivity contribution in [2.45, 2.75) is 46.0 Å². The number of hydrogen-bond donors (Lipinski definition) is 0. The number of rotatable bonds is 7. The monoisotopic (exact) mass is 293 g/mol. The van der Waals surface area contributed by atoms with Gasteiger partial charge in [-0.05, 0) is 53.6 Å². The molecule has 0 N–H and O–H groups in total. The first kappa shape index (κ1) is 15.1. The molecule has 0 aromatic heterocycles. The fourth-order valence-electron chi connectivity index (χ4n) is 3.40. The van der Waals surface area contributed by atoms with Crippen LogP contribution in [0.25, 0.3) is 11.1 Å². The average Bonchev–Trinajstić information content (AvgIpc) is 2.92. The third-order valence-electron chi connectivity index (χ3n) is 4.71. The first-order valence-electron chi connectivity index (χ1n) is 8.79. The third-order valence-corrected chi connectivity index (χ3v) is 4.71. The Balaban J connectivity index is 1.85. The minimum atomic E-state index is 1.09. The van der Waals surface area contributed by atoms with Crippen LogP contribution in [0, 0.1) is 0 Å². The molecule has 1 aliphatic carbocycles. The smallest absolute Gasteiger partial charge is 0.0369 e. The van der Waals surface area contributed by atoms with Gasteiger partial charge in [-0.2, -0.15) is 0 Å². The molecule has 0 saturated carbocycles. The maximum absolute atomic E-state index is 2.58. The van der Waals surface area contributed by atoms with Crippen molar-refractivity contribution in [3.8, 4) is 11.1 Å². The van der Waals surface area contributed by atoms with Crippen LogP contribution >= 0.6 is 0 Å². The van der Waals surface area contributed by atoms with Crippen molar-refractivity contribution in [3.63, 3.8) is 0 Å². The Bertz CT molecular complexity index is 622. The molecule has 0 spiro atoms. The summed E-state index contributed by atoms with van der Waals surface area (Å²) in [5.41, 5.74) is 7.25. The second-order valence-corrected chi connectivity index (χ2v) is 6.37. The van der Waals surface area contributed by atoms with Crippen molar-refractivity contribution in [2.24, 2.45) is 0 Å². The Kier molecular flexibility index (Phi) is 4.82. The Morgan fingerprint density at radius 1 is 0.818 bits per heavy atom. The van der Waals surface area contributed by atoms with E-state index in [0.29, 0.717) is 0 Å². The number of anilines is 1. The summed E-state index contributed by atoms with van der Waals surface area (Å²) >= 11 is 0. The summed E-state index contributed by atoms with van der Waals surface area (Å²) in [4.78, 5) is 2.58. The second kappa shape index (κ2) is 7.00. The molecule has 1 heteroatoms. The van der Waals surface area contributed by atoms with E-state index >= 15 is 0 Å². The molecule has 0 saturated heterocycles. The highest BCUT2D eigenvalue weighted by atomic mass is 15.1. The van der Waals surface area contributed by atoms with E-state index in [2.05, 4.69) is 61.2 Å². The van der Waals surface area contributed by atoms with Crippen LogP contribution < -0.4 is 4.90 Å². The van der Waals surface area contributed by atoms with Gasteiger partial charge in [-0.1, -0.05) is 57.0 Å². The van der Waals surface area contributed by atoms with E-state index in [1.807, 2.05) is 0 Å². The molecule has 1 aliphatic rings. The Hall–Kier alpha value is -1.76. The molecule has 0 bridgehead atoms. The normalized spacial score (nSPS) is 12.1. The largest absolute Gasteiger partial charge is 0.372 e. The van der Waals surface area contributed by atoms with E-state index in [0.717, 1.165) is 6.42 Å². The summed E-state index contributed by atoms with van der Waals surface area (Å²) in [6.07, 6.45) is 6.18. The van der Waals surface area contributed by atoms with Crippen LogP contribution in [0.15, 0.2) is 42.5 Å². The molecule has 0 amide bonds. The van der Waals surface area contributed by atoms with Crippen LogP contribution in [0.5, 0.6) is 0 Å². The highest BCUT2D eigenvalue weighted by Gasteiger charge is 2.18. The van der Waals surface area contributed by atoms with Crippen LogP contribution in [0.2, 0.25) is 0 Å². The van der Waals surface area contributed by atoms with Crippen LogP contribution in [-0.2, 0) is 6.42 Å². The topological polar surface area (TPSA) is 3.24 Å². The number of benzene rings is 2. The minimum Gasteiger partial charge on any atom is -0.372 e. The van der Waals surface area contributed by atoms with Crippen molar-refractivity contribution in [1.82, 2.24) is 0 Å². The second-order valence-electron chi connectivity index (χ2n) is 6.37. The summed E-state index contributed by atoms with van der Waals surface area (Å²) in [6.45, 7) is 6.92. The van der Waals surface area contributed by atoms with Gasteiger partial charge in [0.15, 0.2) is 0 Å². The molecule has 0 fully saturated rings. The van der Waals surface area contributed by atoms with Gasteiger partial charge >= 0.3 is 0 Å². The zero-order valence-electron chi connectivity index (χ0n) is 13.9. The van der Waals surface area contributed by atoms with Gasteiger partial charge in [0.05, 0.1) is 0 Å². The molecule has 0 atom stereocenters. The molecule has 0 heterocycles. The van der Waals surface area contributed by atoms with Gasteiger partial charge in [0.1, 0.15) is 0 Å². The average molecular weight is 293 g/mol. The maximum atomic E-state index is 2.58. The maximum Gasteiger partial charge on any atom is 0.0369 e. The van der Waals surface area contributed by atoms with E-state index in [1.54, 1.807) is 0 Å². The lowest BCUT2D eigenvalue weighted by molar-refractivity contribution is 0.678. The van der Waals surface area contributed by atoms with E-state index < -0.39 is 0 Å². The summed E-state index contributed by atoms with van der Waals surface area (Å²) in [6, 6.07) is 15.9. The molecule has 3 rings (SSSR count). The summed E-state index contributed by atoms with van der Waals surface area (Å²) < 4.78 is 0. The lowest BCUT2D eigenvalue weighted by Crippen LogP contribution is -2.25. The van der Waals surface area contributed by atoms with E-state index in [1.165, 1.54) is 66.7 Å². The summed E-state index contributed by atoms with van der Waals surface area (Å²) in [5.74, 6) is 0. The van der Waals surface area contributed by atoms with Crippen LogP contribution in [-0.4, -0.2) is 13.1 Å². The van der Waals surface area contributed by atoms with Gasteiger partial charge in [0, 0.05) is 18.8 Å². The standard InChI is InChI=1S/C21H27N/c1-3-5-13-22(14-6-4-2)19-11-12-21-18(16-19)15-17-9-7-8-10-20(17)21/h7-12,16H,3-6,13-15H2,1-2H3. The highest BCUT2D eigenvalue weighted by Crippen LogP contribution is 2.38. The van der Waals surface area contributed by atoms with Gasteiger partial charge in [0.25, 0.3) is 0 Å². The van der Waals surface area contributed by atoms with E-state index in [4.69, 9.17) is 0 Å². The zero-order valence-corrected chi connectivity index (χ0v) is 13.9. The van der Waals surface area contributed by atoms with Gasteiger partial charge in [-0.3, -0.25) is 0 Å². The highest BCUT2D eigenvalue weighted by molar-refractivity contribution is 5.78. The van der Waals surface area contributed by atoms with Gasteiger partial charge in [0.2, 0.25) is 0 Å². The first-order valence-corrected chi connectivity index (χ1v) is 8.79. The van der Waals surface area contributed by atoms with Gasteiger partial charge in [-0.25, -0.2) is 0 Å². The number of unbranched alkanes of at least 4 members (excludes halogenated alkanes) is 2. The number of nitrogens with zero attached hydrogens (tertiary/aromatic N) is 1. The fourth-order valence-corrected chi connectivity index (χ4v) is 3.40. The number of hydrogen-bond acceptors (Lipinski definition) is 1. The molecule has 22 heavy (non-hydrogen) atoms. The Morgan fingerprint density at radius 3 is 2.23 bits per heavy atom. The summed E-state index contributed by atoms with van der Waals surface area (Å²) in [5, 5.41) is 0. The lowest BCUT2D eigenvalue weighted by atomic mass is 10.0. The zero-order chi connectivity index (χ0) is 15.4. The molecule has 2 aromatic carbocycles. The molecule has 116 valence electrons. The molecular formula is C21H27N. The predicted octanol–water partition coefficient (Wildman–Crippen LogP) is 5.66. The van der Waals surface area contributed by atoms with Crippen LogP contribution in [0.3, 0.4) is 0 Å². The van der Waals surface area contributed by atoms with Crippen LogP contribution in [0.1, 0.15) is 50.7 Å². The first-order chi connectivity index (χ1) is 10.8. The van der Waals surface area contributed by atoms with Crippen molar-refractivity contribution in [2.75, 3.05) is 18.0 Å². The molecule has 1 nitrogen and oxygen atoms in total. The van der Waals surface area contributed by atoms with Gasteiger partial charge in [-0.15, -0.1) is 0 Å². The number of fused-ring (bicyclic) bond motifs is 3. The van der Waals surface area contributed by atoms with Crippen molar-refractivity contribution >= 4 is 5.69 Å². The minimum absolute atomic E-state index is 1.09. The van der Waals surface area contributed by atoms with E-state index in [-0.39, 0.29) is 0 Å². The molecule has 0 unspecified atom stereocenters. The van der Waals surface area contributed by atoms with Crippen molar-refractivity contribution in [3.05, 3.63) is 53.6 Å². The Labute approximate surface area is 135 Å². The fraction of sp³-hybridized carbons (Fsp3) is 0.429. The predicted molar refractivity (Wildman–Crippen MR) is 96.7 cm³/mol. The molecule has 2 aromatic rings. The third kappa shape index (κ3) is 3.04. The van der Waals surface area contributed by atoms with Crippen molar-refractivity contribution < 1.29 is 0 Å². The quantitative estimate of drug-likeness (QED) is 0.543. The lowest BCUT2D eigenvalue weighted by Gasteiger charge is -2.25.